The molecular formula is C17H20N6. The maximum atomic E-state index is 4.66. The molecule has 0 radical (unpaired) electrons. The number of rotatable bonds is 2. The summed E-state index contributed by atoms with van der Waals surface area (Å²) in [5.41, 5.74) is 6.00. The van der Waals surface area contributed by atoms with Gasteiger partial charge in [0.25, 0.3) is 0 Å². The zero-order chi connectivity index (χ0) is 15.6. The fourth-order valence-electron chi connectivity index (χ4n) is 4.29. The lowest BCUT2D eigenvalue weighted by molar-refractivity contribution is 0.161. The van der Waals surface area contributed by atoms with Crippen molar-refractivity contribution in [3.05, 3.63) is 47.2 Å². The third-order valence-corrected chi connectivity index (χ3v) is 5.44. The second-order valence-electron chi connectivity index (χ2n) is 6.79. The molecular weight excluding hydrogens is 288 g/mol. The fraction of sp³-hybridized carbons (Fsp3) is 0.471. The average molecular weight is 308 g/mol. The summed E-state index contributed by atoms with van der Waals surface area (Å²) in [7, 11) is 2.02. The van der Waals surface area contributed by atoms with Gasteiger partial charge in [-0.1, -0.05) is 0 Å². The molecule has 0 saturated carbocycles. The highest BCUT2D eigenvalue weighted by Crippen LogP contribution is 2.44. The van der Waals surface area contributed by atoms with Gasteiger partial charge in [-0.2, -0.15) is 10.2 Å². The van der Waals surface area contributed by atoms with Crippen LogP contribution in [0.1, 0.15) is 41.5 Å². The van der Waals surface area contributed by atoms with Gasteiger partial charge in [-0.15, -0.1) is 0 Å². The smallest absolute Gasteiger partial charge is 0.155 e. The van der Waals surface area contributed by atoms with Crippen molar-refractivity contribution in [3.8, 4) is 0 Å². The van der Waals surface area contributed by atoms with Crippen LogP contribution in [0, 0.1) is 6.92 Å². The van der Waals surface area contributed by atoms with Crippen molar-refractivity contribution >= 4 is 5.65 Å². The molecule has 1 fully saturated rings. The lowest BCUT2D eigenvalue weighted by Crippen LogP contribution is -2.38. The second-order valence-corrected chi connectivity index (χ2v) is 6.79. The molecule has 2 aliphatic heterocycles. The number of fused-ring (bicyclic) bond motifs is 6. The van der Waals surface area contributed by atoms with Gasteiger partial charge in [0.1, 0.15) is 0 Å². The Kier molecular flexibility index (Phi) is 2.68. The number of aromatic nitrogens is 5. The van der Waals surface area contributed by atoms with E-state index in [-0.39, 0.29) is 0 Å². The van der Waals surface area contributed by atoms with Gasteiger partial charge in [-0.3, -0.25) is 9.58 Å². The molecule has 2 bridgehead atoms. The first-order chi connectivity index (χ1) is 11.2. The molecule has 5 rings (SSSR count). The van der Waals surface area contributed by atoms with E-state index < -0.39 is 0 Å². The molecule has 2 aliphatic rings. The number of nitrogens with zero attached hydrogens (tertiary/aromatic N) is 6. The molecule has 1 saturated heterocycles. The molecule has 3 aromatic heterocycles. The quantitative estimate of drug-likeness (QED) is 0.727. The summed E-state index contributed by atoms with van der Waals surface area (Å²) in [6.07, 6.45) is 7.48. The first-order valence-electron chi connectivity index (χ1n) is 8.27. The molecule has 5 heterocycles. The summed E-state index contributed by atoms with van der Waals surface area (Å²) in [5, 5.41) is 8.96. The highest BCUT2D eigenvalue weighted by atomic mass is 15.3. The van der Waals surface area contributed by atoms with Crippen molar-refractivity contribution in [1.29, 1.82) is 0 Å². The molecule has 23 heavy (non-hydrogen) atoms. The zero-order valence-corrected chi connectivity index (χ0v) is 13.5. The Labute approximate surface area is 134 Å². The van der Waals surface area contributed by atoms with Crippen molar-refractivity contribution in [2.75, 3.05) is 0 Å². The van der Waals surface area contributed by atoms with E-state index in [9.17, 15) is 0 Å². The molecule has 6 nitrogen and oxygen atoms in total. The van der Waals surface area contributed by atoms with Crippen LogP contribution in [0.25, 0.3) is 5.65 Å². The second kappa shape index (κ2) is 4.64. The van der Waals surface area contributed by atoms with Gasteiger partial charge in [-0.05, 0) is 25.8 Å². The Morgan fingerprint density at radius 3 is 3.04 bits per heavy atom. The molecule has 0 N–H and O–H groups in total. The summed E-state index contributed by atoms with van der Waals surface area (Å²) < 4.78 is 4.05. The van der Waals surface area contributed by atoms with Gasteiger partial charge in [0.15, 0.2) is 5.65 Å². The van der Waals surface area contributed by atoms with Crippen LogP contribution in [-0.4, -0.2) is 35.3 Å². The molecule has 118 valence electrons. The van der Waals surface area contributed by atoms with Crippen molar-refractivity contribution in [1.82, 2.24) is 29.3 Å². The van der Waals surface area contributed by atoms with Crippen LogP contribution in [0.5, 0.6) is 0 Å². The van der Waals surface area contributed by atoms with E-state index in [1.54, 1.807) is 0 Å². The molecule has 6 heteroatoms. The monoisotopic (exact) mass is 308 g/mol. The number of hydrogen-bond acceptors (Lipinski definition) is 4. The standard InChI is InChI=1S/C17H20N6/c1-11-7-17-18-9-14-15-4-3-12(8-16(14)23(17)20-11)22(15)10-13-5-6-19-21(13)2/h5-7,9,12,15H,3-4,8,10H2,1-2H3/t12-,15+/m0/s1. The molecule has 0 unspecified atom stereocenters. The van der Waals surface area contributed by atoms with E-state index in [0.29, 0.717) is 12.1 Å². The van der Waals surface area contributed by atoms with E-state index in [0.717, 1.165) is 24.3 Å². The number of aryl methyl sites for hydroxylation is 2. The van der Waals surface area contributed by atoms with Crippen molar-refractivity contribution in [3.63, 3.8) is 0 Å². The van der Waals surface area contributed by atoms with Crippen LogP contribution >= 0.6 is 0 Å². The van der Waals surface area contributed by atoms with Gasteiger partial charge in [0.05, 0.1) is 17.1 Å². The van der Waals surface area contributed by atoms with Gasteiger partial charge < -0.3 is 0 Å². The van der Waals surface area contributed by atoms with Gasteiger partial charge >= 0.3 is 0 Å². The topological polar surface area (TPSA) is 51.2 Å². The minimum Gasteiger partial charge on any atom is -0.287 e. The summed E-state index contributed by atoms with van der Waals surface area (Å²) in [4.78, 5) is 7.27. The van der Waals surface area contributed by atoms with E-state index in [4.69, 9.17) is 0 Å². The lowest BCUT2D eigenvalue weighted by atomic mass is 9.99. The zero-order valence-electron chi connectivity index (χ0n) is 13.5. The summed E-state index contributed by atoms with van der Waals surface area (Å²) in [5.74, 6) is 0. The minimum absolute atomic E-state index is 0.458. The predicted molar refractivity (Wildman–Crippen MR) is 85.9 cm³/mol. The third-order valence-electron chi connectivity index (χ3n) is 5.44. The van der Waals surface area contributed by atoms with Gasteiger partial charge in [-0.25, -0.2) is 9.50 Å². The molecule has 0 spiro atoms. The van der Waals surface area contributed by atoms with E-state index >= 15 is 0 Å². The SMILES string of the molecule is Cc1cc2ncc3c(n2n1)C[C@@H]1CC[C@H]3N1Cc1ccnn1C. The maximum absolute atomic E-state index is 4.66. The lowest BCUT2D eigenvalue weighted by Gasteiger charge is -2.36. The molecule has 2 atom stereocenters. The Morgan fingerprint density at radius 1 is 1.30 bits per heavy atom. The Hall–Kier alpha value is -2.21. The average Bonchev–Trinajstić information content (AvgIpc) is 3.18. The highest BCUT2D eigenvalue weighted by molar-refractivity contribution is 5.44. The van der Waals surface area contributed by atoms with E-state index in [2.05, 4.69) is 42.9 Å². The molecule has 3 aromatic rings. The first-order valence-corrected chi connectivity index (χ1v) is 8.27. The molecule has 0 amide bonds. The molecule has 0 aliphatic carbocycles. The Bertz CT molecular complexity index is 892. The van der Waals surface area contributed by atoms with Crippen LogP contribution in [0.15, 0.2) is 24.5 Å². The molecule has 0 aromatic carbocycles. The first kappa shape index (κ1) is 13.2. The van der Waals surface area contributed by atoms with Crippen LogP contribution in [-0.2, 0) is 20.0 Å². The van der Waals surface area contributed by atoms with E-state index in [1.807, 2.05) is 24.9 Å². The summed E-state index contributed by atoms with van der Waals surface area (Å²) in [6, 6.07) is 5.23. The van der Waals surface area contributed by atoms with Gasteiger partial charge in [0, 0.05) is 56.1 Å². The summed E-state index contributed by atoms with van der Waals surface area (Å²) in [6.45, 7) is 2.99. The van der Waals surface area contributed by atoms with Gasteiger partial charge in [0.2, 0.25) is 0 Å². The minimum atomic E-state index is 0.458. The van der Waals surface area contributed by atoms with Crippen molar-refractivity contribution < 1.29 is 0 Å². The largest absolute Gasteiger partial charge is 0.287 e. The van der Waals surface area contributed by atoms with Crippen molar-refractivity contribution in [2.24, 2.45) is 7.05 Å². The highest BCUT2D eigenvalue weighted by Gasteiger charge is 2.41. The predicted octanol–water partition coefficient (Wildman–Crippen LogP) is 2.03. The van der Waals surface area contributed by atoms with Crippen molar-refractivity contribution in [2.45, 2.75) is 44.8 Å². The van der Waals surface area contributed by atoms with Crippen LogP contribution in [0.4, 0.5) is 0 Å². The Morgan fingerprint density at radius 2 is 2.22 bits per heavy atom. The maximum Gasteiger partial charge on any atom is 0.155 e. The Balaban J connectivity index is 1.57. The van der Waals surface area contributed by atoms with E-state index in [1.165, 1.54) is 29.8 Å². The summed E-state index contributed by atoms with van der Waals surface area (Å²) >= 11 is 0. The number of hydrogen-bond donors (Lipinski definition) is 0. The van der Waals surface area contributed by atoms with Crippen LogP contribution in [0.2, 0.25) is 0 Å². The van der Waals surface area contributed by atoms with Crippen LogP contribution < -0.4 is 0 Å². The normalized spacial score (nSPS) is 23.6. The third kappa shape index (κ3) is 1.88. The van der Waals surface area contributed by atoms with Crippen LogP contribution in [0.3, 0.4) is 0 Å². The fourth-order valence-corrected chi connectivity index (χ4v) is 4.29.